The Hall–Kier alpha value is -3.07. The van der Waals surface area contributed by atoms with Gasteiger partial charge < -0.3 is 25.3 Å². The van der Waals surface area contributed by atoms with E-state index in [1.807, 2.05) is 18.2 Å². The maximum absolute atomic E-state index is 13.3. The molecular weight excluding hydrogens is 577 g/mol. The van der Waals surface area contributed by atoms with Crippen molar-refractivity contribution in [1.29, 1.82) is 0 Å². The van der Waals surface area contributed by atoms with Crippen LogP contribution in [0.25, 0.3) is 11.0 Å². The lowest BCUT2D eigenvalue weighted by atomic mass is 9.91. The molecule has 0 amide bonds. The second-order valence-electron chi connectivity index (χ2n) is 10.1. The molecule has 39 heavy (non-hydrogen) atoms. The van der Waals surface area contributed by atoms with E-state index in [9.17, 15) is 4.57 Å². The molecule has 1 fully saturated rings. The third-order valence-corrected chi connectivity index (χ3v) is 9.07. The van der Waals surface area contributed by atoms with Gasteiger partial charge in [0.25, 0.3) is 0 Å². The van der Waals surface area contributed by atoms with Crippen molar-refractivity contribution in [3.8, 4) is 5.75 Å². The Morgan fingerprint density at radius 1 is 1.05 bits per heavy atom. The number of aromatic nitrogens is 4. The van der Waals surface area contributed by atoms with Crippen LogP contribution in [0.1, 0.15) is 24.8 Å². The normalized spacial score (nSPS) is 14.4. The highest BCUT2D eigenvalue weighted by molar-refractivity contribution is 9.10. The average Bonchev–Trinajstić information content (AvgIpc) is 2.94. The largest absolute Gasteiger partial charge is 0.495 e. The molecule has 1 saturated heterocycles. The summed E-state index contributed by atoms with van der Waals surface area (Å²) in [4.78, 5) is 18.0. The fraction of sp³-hybridized carbons (Fsp3) is 0.357. The lowest BCUT2D eigenvalue weighted by Gasteiger charge is -2.22. The third-order valence-electron chi connectivity index (χ3n) is 6.96. The lowest BCUT2D eigenvalue weighted by Crippen LogP contribution is -2.27. The maximum Gasteiger partial charge on any atom is 0.229 e. The number of halogens is 1. The molecule has 0 unspecified atom stereocenters. The fourth-order valence-electron chi connectivity index (χ4n) is 4.97. The highest BCUT2D eigenvalue weighted by atomic mass is 79.9. The number of methoxy groups -OCH3 is 1. The fourth-order valence-corrected chi connectivity index (χ4v) is 6.65. The number of nitrogens with one attached hydrogen (secondary N) is 3. The van der Waals surface area contributed by atoms with Gasteiger partial charge in [-0.1, -0.05) is 6.07 Å². The minimum Gasteiger partial charge on any atom is -0.495 e. The Balaban J connectivity index is 1.37. The lowest BCUT2D eigenvalue weighted by molar-refractivity contribution is 0.354. The summed E-state index contributed by atoms with van der Waals surface area (Å²) in [5.41, 5.74) is 4.01. The molecule has 3 heterocycles. The molecule has 0 aliphatic carbocycles. The second-order valence-corrected chi connectivity index (χ2v) is 14.1. The summed E-state index contributed by atoms with van der Waals surface area (Å²) in [6, 6.07) is 9.95. The van der Waals surface area contributed by atoms with E-state index < -0.39 is 7.14 Å². The number of hydrogen-bond acceptors (Lipinski definition) is 9. The van der Waals surface area contributed by atoms with Crippen LogP contribution in [0.3, 0.4) is 0 Å². The van der Waals surface area contributed by atoms with Crippen molar-refractivity contribution in [3.05, 3.63) is 59.0 Å². The van der Waals surface area contributed by atoms with Gasteiger partial charge in [0.1, 0.15) is 24.2 Å². The first-order chi connectivity index (χ1) is 18.8. The van der Waals surface area contributed by atoms with Crippen molar-refractivity contribution in [3.63, 3.8) is 0 Å². The van der Waals surface area contributed by atoms with E-state index in [1.54, 1.807) is 39.0 Å². The van der Waals surface area contributed by atoms with Crippen LogP contribution < -0.4 is 26.0 Å². The maximum atomic E-state index is 13.3. The molecule has 0 bridgehead atoms. The van der Waals surface area contributed by atoms with E-state index in [2.05, 4.69) is 59.0 Å². The van der Waals surface area contributed by atoms with E-state index >= 15 is 0 Å². The number of ether oxygens (including phenoxy) is 1. The van der Waals surface area contributed by atoms with Gasteiger partial charge in [-0.25, -0.2) is 4.98 Å². The molecular formula is C28H33BrN7O2P. The van der Waals surface area contributed by atoms with E-state index in [4.69, 9.17) is 9.72 Å². The first-order valence-corrected chi connectivity index (χ1v) is 16.4. The van der Waals surface area contributed by atoms with Crippen LogP contribution in [0.5, 0.6) is 5.75 Å². The molecule has 3 N–H and O–H groups in total. The average molecular weight is 610 g/mol. The van der Waals surface area contributed by atoms with E-state index in [1.165, 1.54) is 24.8 Å². The number of nitrogens with zero attached hydrogens (tertiary/aromatic N) is 4. The number of rotatable bonds is 9. The van der Waals surface area contributed by atoms with Gasteiger partial charge in [0.05, 0.1) is 33.8 Å². The number of fused-ring (bicyclic) bond motifs is 1. The Labute approximate surface area is 237 Å². The number of piperidine rings is 1. The first-order valence-electron chi connectivity index (χ1n) is 13.1. The monoisotopic (exact) mass is 609 g/mol. The molecule has 1 aliphatic heterocycles. The molecule has 11 heteroatoms. The van der Waals surface area contributed by atoms with E-state index in [0.717, 1.165) is 36.9 Å². The number of aryl methyl sites for hydroxylation is 1. The zero-order chi connectivity index (χ0) is 27.4. The van der Waals surface area contributed by atoms with Crippen molar-refractivity contribution in [2.75, 3.05) is 44.2 Å². The van der Waals surface area contributed by atoms with Gasteiger partial charge >= 0.3 is 0 Å². The van der Waals surface area contributed by atoms with Crippen LogP contribution in [0.2, 0.25) is 0 Å². The molecule has 9 nitrogen and oxygen atoms in total. The van der Waals surface area contributed by atoms with Crippen molar-refractivity contribution in [2.45, 2.75) is 25.7 Å². The summed E-state index contributed by atoms with van der Waals surface area (Å²) in [6.07, 6.45) is 9.63. The number of benzene rings is 2. The standard InChI is InChI=1S/C28H33BrN7O2P/c1-38-24-16-19(5-4-18-10-12-30-13-11-18)6-7-21(24)35-28-33-17-20(29)27(36-28)34-23-9-8-22-25(32-15-14-31-22)26(23)39(2,3)37/h6-9,14-18,30H,4-5,10-13H2,1-3H3,(H2,33,34,35,36). The molecule has 2 aromatic heterocycles. The van der Waals surface area contributed by atoms with Gasteiger partial charge in [0.15, 0.2) is 0 Å². The van der Waals surface area contributed by atoms with Gasteiger partial charge in [0.2, 0.25) is 5.95 Å². The summed E-state index contributed by atoms with van der Waals surface area (Å²) in [7, 11) is -1.04. The highest BCUT2D eigenvalue weighted by Gasteiger charge is 2.22. The van der Waals surface area contributed by atoms with Crippen LogP contribution in [-0.4, -0.2) is 53.5 Å². The molecule has 0 radical (unpaired) electrons. The van der Waals surface area contributed by atoms with Gasteiger partial charge in [-0.05, 0) is 104 Å². The van der Waals surface area contributed by atoms with Gasteiger partial charge in [-0.15, -0.1) is 0 Å². The summed E-state index contributed by atoms with van der Waals surface area (Å²) in [5.74, 6) is 2.46. The van der Waals surface area contributed by atoms with Crippen LogP contribution in [0, 0.1) is 5.92 Å². The predicted octanol–water partition coefficient (Wildman–Crippen LogP) is 5.86. The van der Waals surface area contributed by atoms with Crippen LogP contribution in [-0.2, 0) is 11.0 Å². The molecule has 204 valence electrons. The molecule has 0 atom stereocenters. The number of hydrogen-bond donors (Lipinski definition) is 3. The van der Waals surface area contributed by atoms with Crippen molar-refractivity contribution >= 4 is 62.6 Å². The zero-order valence-electron chi connectivity index (χ0n) is 22.4. The van der Waals surface area contributed by atoms with Crippen molar-refractivity contribution < 1.29 is 9.30 Å². The molecule has 1 aliphatic rings. The predicted molar refractivity (Wildman–Crippen MR) is 162 cm³/mol. The minimum atomic E-state index is -2.71. The molecule has 4 aromatic rings. The molecule has 2 aromatic carbocycles. The summed E-state index contributed by atoms with van der Waals surface area (Å²) in [5, 5.41) is 10.7. The Bertz CT molecular complexity index is 1520. The van der Waals surface area contributed by atoms with Crippen LogP contribution >= 0.6 is 23.1 Å². The minimum absolute atomic E-state index is 0.403. The third kappa shape index (κ3) is 6.57. The smallest absolute Gasteiger partial charge is 0.229 e. The summed E-state index contributed by atoms with van der Waals surface area (Å²) < 4.78 is 19.7. The quantitative estimate of drug-likeness (QED) is 0.201. The van der Waals surface area contributed by atoms with E-state index in [0.29, 0.717) is 38.3 Å². The van der Waals surface area contributed by atoms with Gasteiger partial charge in [0, 0.05) is 18.6 Å². The van der Waals surface area contributed by atoms with E-state index in [-0.39, 0.29) is 0 Å². The second kappa shape index (κ2) is 12.0. The Morgan fingerprint density at radius 2 is 1.82 bits per heavy atom. The van der Waals surface area contributed by atoms with Gasteiger partial charge in [-0.3, -0.25) is 9.97 Å². The topological polar surface area (TPSA) is 114 Å². The number of anilines is 4. The first kappa shape index (κ1) is 27.5. The highest BCUT2D eigenvalue weighted by Crippen LogP contribution is 2.41. The summed E-state index contributed by atoms with van der Waals surface area (Å²) in [6.45, 7) is 5.69. The summed E-state index contributed by atoms with van der Waals surface area (Å²) >= 11 is 3.54. The van der Waals surface area contributed by atoms with Crippen molar-refractivity contribution in [1.82, 2.24) is 25.3 Å². The zero-order valence-corrected chi connectivity index (χ0v) is 24.8. The Kier molecular flexibility index (Phi) is 8.45. The van der Waals surface area contributed by atoms with Crippen LogP contribution in [0.15, 0.2) is 53.4 Å². The molecule has 5 rings (SSSR count). The molecule has 0 spiro atoms. The Morgan fingerprint density at radius 3 is 2.59 bits per heavy atom. The van der Waals surface area contributed by atoms with Crippen molar-refractivity contribution in [2.24, 2.45) is 5.92 Å². The molecule has 0 saturated carbocycles. The van der Waals surface area contributed by atoms with Crippen LogP contribution in [0.4, 0.5) is 23.1 Å². The van der Waals surface area contributed by atoms with Gasteiger partial charge in [-0.2, -0.15) is 4.98 Å². The SMILES string of the molecule is COc1cc(CCC2CCNCC2)ccc1Nc1ncc(Br)c(Nc2ccc3nccnc3c2P(C)(C)=O)n1.